The zero-order chi connectivity index (χ0) is 13.7. The van der Waals surface area contributed by atoms with Crippen molar-refractivity contribution in [2.24, 2.45) is 5.73 Å². The number of nitrogens with zero attached hydrogens (tertiary/aromatic N) is 2. The first-order valence-corrected chi connectivity index (χ1v) is 5.82. The molecule has 94 valence electrons. The molecule has 1 rings (SSSR count). The lowest BCUT2D eigenvalue weighted by atomic mass is 10.2. The summed E-state index contributed by atoms with van der Waals surface area (Å²) in [6.07, 6.45) is 0. The van der Waals surface area contributed by atoms with Crippen LogP contribution in [-0.4, -0.2) is 21.5 Å². The van der Waals surface area contributed by atoms with E-state index >= 15 is 0 Å². The van der Waals surface area contributed by atoms with E-state index in [0.29, 0.717) is 0 Å². The summed E-state index contributed by atoms with van der Waals surface area (Å²) < 4.78 is 0. The van der Waals surface area contributed by atoms with Crippen molar-refractivity contribution in [3.05, 3.63) is 27.7 Å². The molecule has 5 N–H and O–H groups in total. The predicted octanol–water partition coefficient (Wildman–Crippen LogP) is -0.230. The Kier molecular flexibility index (Phi) is 4.51. The Labute approximate surface area is 107 Å². The van der Waals surface area contributed by atoms with Gasteiger partial charge in [-0.3, -0.25) is 9.59 Å². The molecular weight excluding hydrogens is 254 g/mol. The number of H-pyrrole nitrogens is 1. The standard InChI is InChI=1S/C10H11N5O2S/c1-5(12)6(3-11)7(16)4-18-10-14-8(13)2-9(17)15-10/h2H,4,12H2,1H3,(H3,13,14,15,17)/b6-5-. The Hall–Kier alpha value is -2.27. The van der Waals surface area contributed by atoms with Crippen LogP contribution in [0.4, 0.5) is 5.82 Å². The van der Waals surface area contributed by atoms with Crippen LogP contribution >= 0.6 is 11.8 Å². The van der Waals surface area contributed by atoms with Gasteiger partial charge < -0.3 is 16.5 Å². The number of ketones is 1. The molecule has 0 atom stereocenters. The minimum Gasteiger partial charge on any atom is -0.401 e. The van der Waals surface area contributed by atoms with Gasteiger partial charge in [0.2, 0.25) is 0 Å². The summed E-state index contributed by atoms with van der Waals surface area (Å²) in [6.45, 7) is 1.47. The summed E-state index contributed by atoms with van der Waals surface area (Å²) in [4.78, 5) is 29.0. The molecule has 0 aliphatic heterocycles. The maximum atomic E-state index is 11.6. The molecule has 0 fully saturated rings. The number of hydrogen-bond acceptors (Lipinski definition) is 7. The summed E-state index contributed by atoms with van der Waals surface area (Å²) in [6, 6.07) is 2.87. The Morgan fingerprint density at radius 3 is 2.83 bits per heavy atom. The lowest BCUT2D eigenvalue weighted by Crippen LogP contribution is -2.13. The summed E-state index contributed by atoms with van der Waals surface area (Å²) in [5, 5.41) is 8.96. The van der Waals surface area contributed by atoms with Crippen LogP contribution in [0.15, 0.2) is 27.3 Å². The molecule has 0 unspecified atom stereocenters. The lowest BCUT2D eigenvalue weighted by Gasteiger charge is -2.01. The van der Waals surface area contributed by atoms with Crippen LogP contribution < -0.4 is 17.0 Å². The van der Waals surface area contributed by atoms with Gasteiger partial charge in [-0.2, -0.15) is 5.26 Å². The first kappa shape index (κ1) is 13.8. The van der Waals surface area contributed by atoms with Crippen LogP contribution in [0.2, 0.25) is 0 Å². The number of nitrogens with one attached hydrogen (secondary N) is 1. The minimum absolute atomic E-state index is 0.0518. The van der Waals surface area contributed by atoms with Crippen molar-refractivity contribution in [2.45, 2.75) is 12.1 Å². The van der Waals surface area contributed by atoms with Gasteiger partial charge in [-0.15, -0.1) is 0 Å². The number of allylic oxidation sites excluding steroid dienone is 2. The number of Topliss-reactive ketones (excluding diaryl/α,β-unsaturated/α-hetero) is 1. The van der Waals surface area contributed by atoms with Crippen molar-refractivity contribution in [3.8, 4) is 6.07 Å². The first-order valence-electron chi connectivity index (χ1n) is 4.83. The van der Waals surface area contributed by atoms with Crippen LogP contribution in [0, 0.1) is 11.3 Å². The van der Waals surface area contributed by atoms with E-state index in [-0.39, 0.29) is 28.0 Å². The fraction of sp³-hybridized carbons (Fsp3) is 0.200. The van der Waals surface area contributed by atoms with Crippen molar-refractivity contribution in [1.29, 1.82) is 5.26 Å². The number of nitriles is 1. The van der Waals surface area contributed by atoms with Crippen molar-refractivity contribution >= 4 is 23.4 Å². The number of hydrogen-bond donors (Lipinski definition) is 3. The molecule has 0 amide bonds. The molecule has 1 aromatic rings. The van der Waals surface area contributed by atoms with Crippen molar-refractivity contribution in [3.63, 3.8) is 0 Å². The van der Waals surface area contributed by atoms with Gasteiger partial charge in [-0.05, 0) is 6.92 Å². The van der Waals surface area contributed by atoms with E-state index in [1.165, 1.54) is 6.92 Å². The fourth-order valence-corrected chi connectivity index (χ4v) is 1.85. The van der Waals surface area contributed by atoms with Crippen LogP contribution in [-0.2, 0) is 4.79 Å². The van der Waals surface area contributed by atoms with Gasteiger partial charge >= 0.3 is 0 Å². The maximum absolute atomic E-state index is 11.6. The predicted molar refractivity (Wildman–Crippen MR) is 67.5 cm³/mol. The SMILES string of the molecule is C/C(N)=C(\C#N)C(=O)CSc1nc(N)cc(=O)[nH]1. The summed E-state index contributed by atoms with van der Waals surface area (Å²) in [5.74, 6) is -0.406. The van der Waals surface area contributed by atoms with E-state index in [4.69, 9.17) is 16.7 Å². The van der Waals surface area contributed by atoms with Crippen LogP contribution in [0.25, 0.3) is 0 Å². The second-order valence-corrected chi connectivity index (χ2v) is 4.32. The third-order valence-corrected chi connectivity index (χ3v) is 2.74. The van der Waals surface area contributed by atoms with Gasteiger partial charge in [0.1, 0.15) is 17.5 Å². The van der Waals surface area contributed by atoms with Gasteiger partial charge in [0, 0.05) is 11.8 Å². The Balaban J connectivity index is 2.78. The average molecular weight is 265 g/mol. The second kappa shape index (κ2) is 5.88. The third-order valence-electron chi connectivity index (χ3n) is 1.86. The second-order valence-electron chi connectivity index (χ2n) is 3.36. The molecule has 7 nitrogen and oxygen atoms in total. The number of thioether (sulfide) groups is 1. The van der Waals surface area contributed by atoms with Gasteiger partial charge in [0.25, 0.3) is 5.56 Å². The number of aromatic nitrogens is 2. The highest BCUT2D eigenvalue weighted by Crippen LogP contribution is 2.14. The van der Waals surface area contributed by atoms with Crippen molar-refractivity contribution in [1.82, 2.24) is 9.97 Å². The Morgan fingerprint density at radius 2 is 2.33 bits per heavy atom. The largest absolute Gasteiger partial charge is 0.401 e. The molecule has 0 aliphatic rings. The molecule has 0 aromatic carbocycles. The zero-order valence-corrected chi connectivity index (χ0v) is 10.4. The molecule has 18 heavy (non-hydrogen) atoms. The topological polar surface area (TPSA) is 139 Å². The van der Waals surface area contributed by atoms with Crippen LogP contribution in [0.3, 0.4) is 0 Å². The van der Waals surface area contributed by atoms with Gasteiger partial charge in [0.05, 0.1) is 5.75 Å². The average Bonchev–Trinajstić information content (AvgIpc) is 2.25. The number of anilines is 1. The quantitative estimate of drug-likeness (QED) is 0.296. The number of aromatic amines is 1. The van der Waals surface area contributed by atoms with Gasteiger partial charge in [0.15, 0.2) is 10.9 Å². The molecule has 0 saturated heterocycles. The monoisotopic (exact) mass is 265 g/mol. The molecule has 0 bridgehead atoms. The molecule has 1 aromatic heterocycles. The summed E-state index contributed by atoms with van der Waals surface area (Å²) >= 11 is 0.981. The molecule has 1 heterocycles. The fourth-order valence-electron chi connectivity index (χ4n) is 1.10. The molecule has 0 saturated carbocycles. The number of nitrogen functional groups attached to an aromatic ring is 1. The molecule has 8 heteroatoms. The van der Waals surface area contributed by atoms with E-state index in [1.807, 2.05) is 0 Å². The molecule has 0 radical (unpaired) electrons. The Morgan fingerprint density at radius 1 is 1.67 bits per heavy atom. The van der Waals surface area contributed by atoms with E-state index in [0.717, 1.165) is 17.8 Å². The van der Waals surface area contributed by atoms with Gasteiger partial charge in [-0.25, -0.2) is 4.98 Å². The highest BCUT2D eigenvalue weighted by atomic mass is 32.2. The smallest absolute Gasteiger partial charge is 0.253 e. The van der Waals surface area contributed by atoms with E-state index in [9.17, 15) is 9.59 Å². The molecule has 0 aliphatic carbocycles. The number of nitrogens with two attached hydrogens (primary N) is 2. The van der Waals surface area contributed by atoms with E-state index in [2.05, 4.69) is 9.97 Å². The minimum atomic E-state index is -0.424. The van der Waals surface area contributed by atoms with Crippen molar-refractivity contribution in [2.75, 3.05) is 11.5 Å². The van der Waals surface area contributed by atoms with Crippen LogP contribution in [0.1, 0.15) is 6.92 Å². The summed E-state index contributed by atoms with van der Waals surface area (Å²) in [7, 11) is 0. The molecule has 0 spiro atoms. The zero-order valence-electron chi connectivity index (χ0n) is 9.56. The third kappa shape index (κ3) is 3.64. The normalized spacial score (nSPS) is 11.6. The van der Waals surface area contributed by atoms with Gasteiger partial charge in [-0.1, -0.05) is 11.8 Å². The highest BCUT2D eigenvalue weighted by Gasteiger charge is 2.12. The maximum Gasteiger partial charge on any atom is 0.253 e. The van der Waals surface area contributed by atoms with E-state index < -0.39 is 11.3 Å². The van der Waals surface area contributed by atoms with E-state index in [1.54, 1.807) is 6.07 Å². The Bertz CT molecular complexity index is 595. The number of rotatable bonds is 4. The van der Waals surface area contributed by atoms with Crippen LogP contribution in [0.5, 0.6) is 0 Å². The summed E-state index contributed by atoms with van der Waals surface area (Å²) in [5.41, 5.74) is 10.5. The number of carbonyl (C=O) groups excluding carboxylic acids is 1. The first-order chi connectivity index (χ1) is 8.43. The number of carbonyl (C=O) groups is 1. The lowest BCUT2D eigenvalue weighted by molar-refractivity contribution is -0.112. The molecular formula is C10H11N5O2S. The highest BCUT2D eigenvalue weighted by molar-refractivity contribution is 7.99. The van der Waals surface area contributed by atoms with Crippen molar-refractivity contribution < 1.29 is 4.79 Å².